The minimum atomic E-state index is -0.257. The van der Waals surface area contributed by atoms with Crippen LogP contribution >= 0.6 is 0 Å². The number of carbonyl (C=O) groups is 2. The molecule has 3 amide bonds. The van der Waals surface area contributed by atoms with E-state index in [-0.39, 0.29) is 30.4 Å². The molecule has 7 nitrogen and oxygen atoms in total. The number of carbonyl (C=O) groups excluding carboxylic acids is 2. The molecule has 1 aromatic carbocycles. The van der Waals surface area contributed by atoms with Crippen LogP contribution in [0.3, 0.4) is 0 Å². The van der Waals surface area contributed by atoms with Crippen LogP contribution in [0.15, 0.2) is 18.2 Å². The summed E-state index contributed by atoms with van der Waals surface area (Å²) < 4.78 is 10.5. The summed E-state index contributed by atoms with van der Waals surface area (Å²) in [7, 11) is 3.11. The van der Waals surface area contributed by atoms with Crippen LogP contribution in [0.5, 0.6) is 11.5 Å². The maximum absolute atomic E-state index is 12.2. The standard InChI is InChI=1S/C16H23N3O4/c1-10(2)17-16(21)18-11-7-15(20)19(9-11)12-5-6-13(22-3)14(8-12)23-4/h5-6,8,10-11H,7,9H2,1-4H3,(H2,17,18,21)/t11-/m1/s1. The Morgan fingerprint density at radius 1 is 1.26 bits per heavy atom. The normalized spacial score (nSPS) is 17.3. The molecule has 1 atom stereocenters. The molecule has 0 saturated carbocycles. The summed E-state index contributed by atoms with van der Waals surface area (Å²) in [5.41, 5.74) is 0.723. The van der Waals surface area contributed by atoms with E-state index in [4.69, 9.17) is 9.47 Å². The molecule has 0 bridgehead atoms. The van der Waals surface area contributed by atoms with Crippen molar-refractivity contribution in [3.63, 3.8) is 0 Å². The molecule has 1 heterocycles. The van der Waals surface area contributed by atoms with Crippen LogP contribution in [0.4, 0.5) is 10.5 Å². The van der Waals surface area contributed by atoms with Gasteiger partial charge in [0.15, 0.2) is 11.5 Å². The first kappa shape index (κ1) is 16.9. The van der Waals surface area contributed by atoms with Crippen LogP contribution < -0.4 is 25.0 Å². The van der Waals surface area contributed by atoms with Gasteiger partial charge in [-0.1, -0.05) is 0 Å². The van der Waals surface area contributed by atoms with Crippen LogP contribution in [0.2, 0.25) is 0 Å². The predicted octanol–water partition coefficient (Wildman–Crippen LogP) is 1.52. The number of hydrogen-bond donors (Lipinski definition) is 2. The van der Waals surface area contributed by atoms with Gasteiger partial charge in [0.05, 0.1) is 20.3 Å². The van der Waals surface area contributed by atoms with Gasteiger partial charge in [-0.05, 0) is 26.0 Å². The minimum Gasteiger partial charge on any atom is -0.493 e. The summed E-state index contributed by atoms with van der Waals surface area (Å²) in [4.78, 5) is 25.6. The zero-order valence-corrected chi connectivity index (χ0v) is 13.9. The Morgan fingerprint density at radius 2 is 1.96 bits per heavy atom. The van der Waals surface area contributed by atoms with Gasteiger partial charge in [0.25, 0.3) is 0 Å². The summed E-state index contributed by atoms with van der Waals surface area (Å²) in [5.74, 6) is 1.13. The van der Waals surface area contributed by atoms with Crippen molar-refractivity contribution in [2.24, 2.45) is 0 Å². The molecule has 23 heavy (non-hydrogen) atoms. The Morgan fingerprint density at radius 3 is 2.57 bits per heavy atom. The number of benzene rings is 1. The Balaban J connectivity index is 2.07. The molecule has 0 radical (unpaired) electrons. The molecular weight excluding hydrogens is 298 g/mol. The third-order valence-electron chi connectivity index (χ3n) is 3.56. The van der Waals surface area contributed by atoms with Crippen molar-refractivity contribution < 1.29 is 19.1 Å². The van der Waals surface area contributed by atoms with Gasteiger partial charge in [-0.15, -0.1) is 0 Å². The summed E-state index contributed by atoms with van der Waals surface area (Å²) in [5, 5.41) is 5.58. The maximum Gasteiger partial charge on any atom is 0.315 e. The fourth-order valence-corrected chi connectivity index (χ4v) is 2.54. The summed E-state index contributed by atoms with van der Waals surface area (Å²) in [6.07, 6.45) is 0.278. The summed E-state index contributed by atoms with van der Waals surface area (Å²) >= 11 is 0. The number of nitrogens with zero attached hydrogens (tertiary/aromatic N) is 1. The van der Waals surface area contributed by atoms with E-state index in [0.29, 0.717) is 18.0 Å². The molecule has 1 saturated heterocycles. The van der Waals surface area contributed by atoms with Gasteiger partial charge in [-0.25, -0.2) is 4.79 Å². The molecule has 1 aliphatic heterocycles. The van der Waals surface area contributed by atoms with E-state index in [0.717, 1.165) is 5.69 Å². The van der Waals surface area contributed by atoms with Crippen LogP contribution in [0.1, 0.15) is 20.3 Å². The number of anilines is 1. The van der Waals surface area contributed by atoms with Crippen molar-refractivity contribution >= 4 is 17.6 Å². The zero-order valence-electron chi connectivity index (χ0n) is 13.9. The van der Waals surface area contributed by atoms with Gasteiger partial charge in [0.1, 0.15) is 0 Å². The first-order valence-electron chi connectivity index (χ1n) is 7.54. The zero-order chi connectivity index (χ0) is 17.0. The van der Waals surface area contributed by atoms with Crippen molar-refractivity contribution in [2.75, 3.05) is 25.7 Å². The second kappa shape index (κ2) is 7.21. The van der Waals surface area contributed by atoms with Crippen LogP contribution in [-0.2, 0) is 4.79 Å². The number of nitrogens with one attached hydrogen (secondary N) is 2. The number of methoxy groups -OCH3 is 2. The lowest BCUT2D eigenvalue weighted by atomic mass is 10.2. The smallest absolute Gasteiger partial charge is 0.315 e. The average Bonchev–Trinajstić information content (AvgIpc) is 2.85. The van der Waals surface area contributed by atoms with Crippen molar-refractivity contribution in [3.8, 4) is 11.5 Å². The van der Waals surface area contributed by atoms with E-state index < -0.39 is 0 Å². The van der Waals surface area contributed by atoms with E-state index in [1.807, 2.05) is 13.8 Å². The number of rotatable bonds is 5. The summed E-state index contributed by atoms with van der Waals surface area (Å²) in [6, 6.07) is 4.90. The van der Waals surface area contributed by atoms with Gasteiger partial charge in [0, 0.05) is 30.8 Å². The lowest BCUT2D eigenvalue weighted by Gasteiger charge is -2.19. The SMILES string of the molecule is COc1ccc(N2C[C@H](NC(=O)NC(C)C)CC2=O)cc1OC. The third-order valence-corrected chi connectivity index (χ3v) is 3.56. The molecule has 7 heteroatoms. The van der Waals surface area contributed by atoms with Gasteiger partial charge in [0.2, 0.25) is 5.91 Å². The number of amides is 3. The highest BCUT2D eigenvalue weighted by Crippen LogP contribution is 2.33. The fraction of sp³-hybridized carbons (Fsp3) is 0.500. The lowest BCUT2D eigenvalue weighted by Crippen LogP contribution is -2.45. The molecule has 1 aromatic rings. The number of hydrogen-bond acceptors (Lipinski definition) is 4. The van der Waals surface area contributed by atoms with Gasteiger partial charge in [-0.2, -0.15) is 0 Å². The van der Waals surface area contributed by atoms with E-state index in [1.54, 1.807) is 37.3 Å². The first-order chi connectivity index (χ1) is 10.9. The van der Waals surface area contributed by atoms with Crippen molar-refractivity contribution in [1.82, 2.24) is 10.6 Å². The van der Waals surface area contributed by atoms with Crippen molar-refractivity contribution in [3.05, 3.63) is 18.2 Å². The molecule has 0 unspecified atom stereocenters. The Labute approximate surface area is 135 Å². The van der Waals surface area contributed by atoms with E-state index in [9.17, 15) is 9.59 Å². The van der Waals surface area contributed by atoms with Gasteiger partial charge < -0.3 is 25.0 Å². The highest BCUT2D eigenvalue weighted by atomic mass is 16.5. The molecule has 1 aliphatic rings. The molecule has 126 valence electrons. The highest BCUT2D eigenvalue weighted by molar-refractivity contribution is 5.97. The maximum atomic E-state index is 12.2. The third kappa shape index (κ3) is 4.06. The van der Waals surface area contributed by atoms with Gasteiger partial charge >= 0.3 is 6.03 Å². The van der Waals surface area contributed by atoms with E-state index >= 15 is 0 Å². The molecule has 2 N–H and O–H groups in total. The predicted molar refractivity (Wildman–Crippen MR) is 87.1 cm³/mol. The quantitative estimate of drug-likeness (QED) is 0.862. The minimum absolute atomic E-state index is 0.0351. The Bertz CT molecular complexity index is 589. The van der Waals surface area contributed by atoms with Crippen LogP contribution in [-0.4, -0.2) is 44.8 Å². The molecule has 0 aromatic heterocycles. The Hall–Kier alpha value is -2.44. The number of ether oxygens (including phenoxy) is 2. The Kier molecular flexibility index (Phi) is 5.31. The molecule has 0 aliphatic carbocycles. The van der Waals surface area contributed by atoms with E-state index in [2.05, 4.69) is 10.6 Å². The summed E-state index contributed by atoms with van der Waals surface area (Å²) in [6.45, 7) is 4.20. The topological polar surface area (TPSA) is 79.9 Å². The van der Waals surface area contributed by atoms with Crippen molar-refractivity contribution in [1.29, 1.82) is 0 Å². The average molecular weight is 321 g/mol. The lowest BCUT2D eigenvalue weighted by molar-refractivity contribution is -0.117. The second-order valence-corrected chi connectivity index (χ2v) is 5.72. The van der Waals surface area contributed by atoms with Crippen LogP contribution in [0, 0.1) is 0 Å². The van der Waals surface area contributed by atoms with Crippen LogP contribution in [0.25, 0.3) is 0 Å². The van der Waals surface area contributed by atoms with E-state index in [1.165, 1.54) is 0 Å². The van der Waals surface area contributed by atoms with Crippen molar-refractivity contribution in [2.45, 2.75) is 32.4 Å². The molecule has 2 rings (SSSR count). The monoisotopic (exact) mass is 321 g/mol. The second-order valence-electron chi connectivity index (χ2n) is 5.72. The molecule has 0 spiro atoms. The molecular formula is C16H23N3O4. The molecule has 1 fully saturated rings. The highest BCUT2D eigenvalue weighted by Gasteiger charge is 2.32. The largest absolute Gasteiger partial charge is 0.493 e. The fourth-order valence-electron chi connectivity index (χ4n) is 2.54. The number of urea groups is 1. The van der Waals surface area contributed by atoms with Gasteiger partial charge in [-0.3, -0.25) is 4.79 Å². The first-order valence-corrected chi connectivity index (χ1v) is 7.54.